The molecule has 0 fully saturated rings. The largest absolute Gasteiger partial charge is 0.350 e. The molecule has 0 saturated heterocycles. The summed E-state index contributed by atoms with van der Waals surface area (Å²) in [5.74, 6) is -0.448. The van der Waals surface area contributed by atoms with E-state index in [1.165, 1.54) is 4.90 Å². The SMILES string of the molecule is CCN(CC(=O)NC(C)(C)C)C(=O)c1cccc(Br)c1Cl. The van der Waals surface area contributed by atoms with Crippen molar-refractivity contribution in [1.82, 2.24) is 10.2 Å². The van der Waals surface area contributed by atoms with Crippen molar-refractivity contribution in [1.29, 1.82) is 0 Å². The van der Waals surface area contributed by atoms with Gasteiger partial charge < -0.3 is 10.2 Å². The van der Waals surface area contributed by atoms with Crippen molar-refractivity contribution < 1.29 is 9.59 Å². The van der Waals surface area contributed by atoms with Gasteiger partial charge in [0.25, 0.3) is 5.91 Å². The molecule has 0 aliphatic rings. The lowest BCUT2D eigenvalue weighted by atomic mass is 10.1. The van der Waals surface area contributed by atoms with Gasteiger partial charge in [-0.3, -0.25) is 9.59 Å². The van der Waals surface area contributed by atoms with E-state index in [2.05, 4.69) is 21.2 Å². The Morgan fingerprint density at radius 3 is 2.48 bits per heavy atom. The molecule has 4 nitrogen and oxygen atoms in total. The van der Waals surface area contributed by atoms with Gasteiger partial charge >= 0.3 is 0 Å². The predicted octanol–water partition coefficient (Wildman–Crippen LogP) is 3.48. The third-order valence-corrected chi connectivity index (χ3v) is 4.00. The van der Waals surface area contributed by atoms with Gasteiger partial charge in [0, 0.05) is 16.6 Å². The zero-order chi connectivity index (χ0) is 16.2. The molecule has 0 aromatic heterocycles. The molecule has 2 amide bonds. The van der Waals surface area contributed by atoms with Crippen LogP contribution in [0.3, 0.4) is 0 Å². The molecule has 0 aliphatic heterocycles. The Morgan fingerprint density at radius 1 is 1.33 bits per heavy atom. The molecule has 0 atom stereocenters. The number of halogens is 2. The lowest BCUT2D eigenvalue weighted by Crippen LogP contribution is -2.47. The van der Waals surface area contributed by atoms with Gasteiger partial charge in [-0.05, 0) is 55.8 Å². The van der Waals surface area contributed by atoms with Crippen LogP contribution in [0.25, 0.3) is 0 Å². The van der Waals surface area contributed by atoms with Gasteiger partial charge in [0.05, 0.1) is 17.1 Å². The van der Waals surface area contributed by atoms with Gasteiger partial charge in [0.2, 0.25) is 5.91 Å². The number of amides is 2. The van der Waals surface area contributed by atoms with E-state index in [4.69, 9.17) is 11.6 Å². The highest BCUT2D eigenvalue weighted by atomic mass is 79.9. The lowest BCUT2D eigenvalue weighted by Gasteiger charge is -2.25. The van der Waals surface area contributed by atoms with E-state index in [1.54, 1.807) is 18.2 Å². The van der Waals surface area contributed by atoms with Gasteiger partial charge in [-0.15, -0.1) is 0 Å². The minimum Gasteiger partial charge on any atom is -0.350 e. The smallest absolute Gasteiger partial charge is 0.255 e. The fourth-order valence-electron chi connectivity index (χ4n) is 1.80. The standard InChI is InChI=1S/C15H20BrClN2O2/c1-5-19(9-12(20)18-15(2,3)4)14(21)10-7-6-8-11(16)13(10)17/h6-8H,5,9H2,1-4H3,(H,18,20). The Bertz CT molecular complexity index is 541. The van der Waals surface area contributed by atoms with Crippen molar-refractivity contribution in [2.24, 2.45) is 0 Å². The Kier molecular flexibility index (Phi) is 6.23. The number of hydrogen-bond donors (Lipinski definition) is 1. The first kappa shape index (κ1) is 18.0. The number of carbonyl (C=O) groups excluding carboxylic acids is 2. The summed E-state index contributed by atoms with van der Waals surface area (Å²) in [5.41, 5.74) is 0.0592. The van der Waals surface area contributed by atoms with E-state index in [9.17, 15) is 9.59 Å². The highest BCUT2D eigenvalue weighted by molar-refractivity contribution is 9.10. The number of benzene rings is 1. The fraction of sp³-hybridized carbons (Fsp3) is 0.467. The molecule has 0 unspecified atom stereocenters. The molecular weight excluding hydrogens is 356 g/mol. The molecule has 0 aliphatic carbocycles. The van der Waals surface area contributed by atoms with Crippen molar-refractivity contribution in [2.75, 3.05) is 13.1 Å². The summed E-state index contributed by atoms with van der Waals surface area (Å²) in [6.07, 6.45) is 0. The first-order chi connectivity index (χ1) is 9.65. The maximum absolute atomic E-state index is 12.5. The molecule has 0 saturated carbocycles. The van der Waals surface area contributed by atoms with Gasteiger partial charge in [0.15, 0.2) is 0 Å². The maximum Gasteiger partial charge on any atom is 0.255 e. The van der Waals surface area contributed by atoms with Crippen molar-refractivity contribution in [3.05, 3.63) is 33.3 Å². The van der Waals surface area contributed by atoms with Crippen LogP contribution in [0.4, 0.5) is 0 Å². The van der Waals surface area contributed by atoms with Crippen LogP contribution in [0.5, 0.6) is 0 Å². The first-order valence-electron chi connectivity index (χ1n) is 6.70. The number of carbonyl (C=O) groups is 2. The second-order valence-corrected chi connectivity index (χ2v) is 6.95. The average molecular weight is 376 g/mol. The summed E-state index contributed by atoms with van der Waals surface area (Å²) in [6.45, 7) is 7.96. The molecule has 1 aromatic carbocycles. The minimum atomic E-state index is -0.326. The molecule has 1 N–H and O–H groups in total. The molecule has 0 spiro atoms. The quantitative estimate of drug-likeness (QED) is 0.876. The number of likely N-dealkylation sites (N-methyl/N-ethyl adjacent to an activating group) is 1. The zero-order valence-corrected chi connectivity index (χ0v) is 15.0. The first-order valence-corrected chi connectivity index (χ1v) is 7.87. The molecular formula is C15H20BrClN2O2. The monoisotopic (exact) mass is 374 g/mol. The van der Waals surface area contributed by atoms with Gasteiger partial charge in [-0.1, -0.05) is 17.7 Å². The molecule has 0 heterocycles. The highest BCUT2D eigenvalue weighted by Gasteiger charge is 2.22. The Labute approximate surface area is 139 Å². The summed E-state index contributed by atoms with van der Waals surface area (Å²) in [7, 11) is 0. The van der Waals surface area contributed by atoms with E-state index < -0.39 is 0 Å². The maximum atomic E-state index is 12.5. The molecule has 0 bridgehead atoms. The van der Waals surface area contributed by atoms with Crippen LogP contribution in [0.15, 0.2) is 22.7 Å². The van der Waals surface area contributed by atoms with E-state index in [1.807, 2.05) is 27.7 Å². The van der Waals surface area contributed by atoms with Crippen LogP contribution in [-0.4, -0.2) is 35.3 Å². The van der Waals surface area contributed by atoms with E-state index in [0.717, 1.165) is 0 Å². The van der Waals surface area contributed by atoms with Crippen LogP contribution in [0.2, 0.25) is 5.02 Å². The lowest BCUT2D eigenvalue weighted by molar-refractivity contribution is -0.123. The molecule has 21 heavy (non-hydrogen) atoms. The molecule has 6 heteroatoms. The van der Waals surface area contributed by atoms with Crippen molar-refractivity contribution in [3.8, 4) is 0 Å². The molecule has 1 aromatic rings. The molecule has 1 rings (SSSR count). The molecule has 0 radical (unpaired) electrons. The van der Waals surface area contributed by atoms with Gasteiger partial charge in [-0.25, -0.2) is 0 Å². The van der Waals surface area contributed by atoms with Crippen LogP contribution in [0, 0.1) is 0 Å². The summed E-state index contributed by atoms with van der Waals surface area (Å²) in [4.78, 5) is 25.9. The van der Waals surface area contributed by atoms with Crippen LogP contribution < -0.4 is 5.32 Å². The number of rotatable bonds is 4. The summed E-state index contributed by atoms with van der Waals surface area (Å²) < 4.78 is 0.658. The second-order valence-electron chi connectivity index (χ2n) is 5.72. The van der Waals surface area contributed by atoms with E-state index in [-0.39, 0.29) is 23.9 Å². The highest BCUT2D eigenvalue weighted by Crippen LogP contribution is 2.26. The fourth-order valence-corrected chi connectivity index (χ4v) is 2.37. The van der Waals surface area contributed by atoms with Crippen molar-refractivity contribution in [2.45, 2.75) is 33.2 Å². The van der Waals surface area contributed by atoms with Crippen LogP contribution in [-0.2, 0) is 4.79 Å². The third-order valence-electron chi connectivity index (χ3n) is 2.70. The van der Waals surface area contributed by atoms with E-state index in [0.29, 0.717) is 21.6 Å². The Hall–Kier alpha value is -1.07. The Morgan fingerprint density at radius 2 is 1.95 bits per heavy atom. The summed E-state index contributed by atoms with van der Waals surface area (Å²) in [6, 6.07) is 5.16. The zero-order valence-electron chi connectivity index (χ0n) is 12.7. The van der Waals surface area contributed by atoms with Crippen molar-refractivity contribution >= 4 is 39.3 Å². The van der Waals surface area contributed by atoms with Crippen molar-refractivity contribution in [3.63, 3.8) is 0 Å². The Balaban J connectivity index is 2.87. The number of hydrogen-bond acceptors (Lipinski definition) is 2. The minimum absolute atomic E-state index is 0.00937. The average Bonchev–Trinajstić information content (AvgIpc) is 2.36. The van der Waals surface area contributed by atoms with Crippen LogP contribution in [0.1, 0.15) is 38.1 Å². The third kappa shape index (κ3) is 5.32. The second kappa shape index (κ2) is 7.27. The molecule has 116 valence electrons. The summed E-state index contributed by atoms with van der Waals surface area (Å²) >= 11 is 9.43. The normalized spacial score (nSPS) is 11.1. The topological polar surface area (TPSA) is 49.4 Å². The van der Waals surface area contributed by atoms with Gasteiger partial charge in [-0.2, -0.15) is 0 Å². The number of nitrogens with zero attached hydrogens (tertiary/aromatic N) is 1. The van der Waals surface area contributed by atoms with E-state index >= 15 is 0 Å². The summed E-state index contributed by atoms with van der Waals surface area (Å²) in [5, 5.41) is 3.20. The van der Waals surface area contributed by atoms with Crippen LogP contribution >= 0.6 is 27.5 Å². The number of nitrogens with one attached hydrogen (secondary N) is 1. The predicted molar refractivity (Wildman–Crippen MR) is 88.6 cm³/mol. The van der Waals surface area contributed by atoms with Gasteiger partial charge in [0.1, 0.15) is 0 Å².